The molecule has 1 saturated heterocycles. The standard InChI is InChI=1S/C10H16O3/c1-7-8(2-5-13-7)10(3-4-10)6-9(11)12/h7-8H,2-6H2,1H3,(H,11,12). The summed E-state index contributed by atoms with van der Waals surface area (Å²) in [6.07, 6.45) is 3.82. The van der Waals surface area contributed by atoms with Crippen LogP contribution >= 0.6 is 0 Å². The molecular formula is C10H16O3. The topological polar surface area (TPSA) is 46.5 Å². The van der Waals surface area contributed by atoms with Gasteiger partial charge in [-0.3, -0.25) is 4.79 Å². The van der Waals surface area contributed by atoms with Crippen LogP contribution in [0.15, 0.2) is 0 Å². The van der Waals surface area contributed by atoms with E-state index in [0.29, 0.717) is 12.3 Å². The van der Waals surface area contributed by atoms with Crippen molar-refractivity contribution in [1.29, 1.82) is 0 Å². The van der Waals surface area contributed by atoms with E-state index >= 15 is 0 Å². The van der Waals surface area contributed by atoms with Crippen molar-refractivity contribution in [2.24, 2.45) is 11.3 Å². The zero-order chi connectivity index (χ0) is 9.47. The molecule has 0 aromatic carbocycles. The van der Waals surface area contributed by atoms with E-state index in [9.17, 15) is 4.79 Å². The Bertz CT molecular complexity index is 220. The average Bonchev–Trinajstić information content (AvgIpc) is 2.65. The van der Waals surface area contributed by atoms with Gasteiger partial charge in [0.05, 0.1) is 12.5 Å². The second-order valence-electron chi connectivity index (χ2n) is 4.40. The molecule has 0 spiro atoms. The molecule has 74 valence electrons. The summed E-state index contributed by atoms with van der Waals surface area (Å²) in [5.41, 5.74) is 0.0990. The fourth-order valence-electron chi connectivity index (χ4n) is 2.68. The van der Waals surface area contributed by atoms with Crippen LogP contribution in [-0.4, -0.2) is 23.8 Å². The number of carboxylic acids is 1. The lowest BCUT2D eigenvalue weighted by molar-refractivity contribution is -0.139. The first-order chi connectivity index (χ1) is 6.14. The van der Waals surface area contributed by atoms with Crippen molar-refractivity contribution in [2.75, 3.05) is 6.61 Å². The lowest BCUT2D eigenvalue weighted by Crippen LogP contribution is -2.25. The smallest absolute Gasteiger partial charge is 0.303 e. The molecule has 1 aliphatic carbocycles. The van der Waals surface area contributed by atoms with Crippen LogP contribution in [0.5, 0.6) is 0 Å². The Balaban J connectivity index is 2.02. The molecule has 2 aliphatic rings. The molecule has 1 saturated carbocycles. The van der Waals surface area contributed by atoms with E-state index in [2.05, 4.69) is 6.92 Å². The number of rotatable bonds is 3. The van der Waals surface area contributed by atoms with Gasteiger partial charge in [0.25, 0.3) is 0 Å². The first kappa shape index (κ1) is 9.00. The van der Waals surface area contributed by atoms with Gasteiger partial charge in [-0.1, -0.05) is 0 Å². The summed E-state index contributed by atoms with van der Waals surface area (Å²) >= 11 is 0. The molecule has 0 aromatic rings. The molecule has 2 atom stereocenters. The molecular weight excluding hydrogens is 168 g/mol. The third kappa shape index (κ3) is 1.57. The molecule has 3 heteroatoms. The van der Waals surface area contributed by atoms with E-state index in [4.69, 9.17) is 9.84 Å². The van der Waals surface area contributed by atoms with Crippen LogP contribution in [-0.2, 0) is 9.53 Å². The van der Waals surface area contributed by atoms with Crippen molar-refractivity contribution in [1.82, 2.24) is 0 Å². The van der Waals surface area contributed by atoms with E-state index in [1.165, 1.54) is 0 Å². The largest absolute Gasteiger partial charge is 0.481 e. The van der Waals surface area contributed by atoms with Crippen LogP contribution < -0.4 is 0 Å². The van der Waals surface area contributed by atoms with Crippen molar-refractivity contribution in [2.45, 2.75) is 38.7 Å². The first-order valence-electron chi connectivity index (χ1n) is 4.97. The normalized spacial score (nSPS) is 36.1. The number of ether oxygens (including phenoxy) is 1. The molecule has 1 heterocycles. The van der Waals surface area contributed by atoms with E-state index in [0.717, 1.165) is 25.9 Å². The van der Waals surface area contributed by atoms with Gasteiger partial charge in [-0.2, -0.15) is 0 Å². The molecule has 0 radical (unpaired) electrons. The molecule has 3 nitrogen and oxygen atoms in total. The fourth-order valence-corrected chi connectivity index (χ4v) is 2.68. The maximum atomic E-state index is 10.7. The number of carbonyl (C=O) groups is 1. The first-order valence-corrected chi connectivity index (χ1v) is 4.97. The number of hydrogen-bond acceptors (Lipinski definition) is 2. The Hall–Kier alpha value is -0.570. The third-order valence-corrected chi connectivity index (χ3v) is 3.56. The van der Waals surface area contributed by atoms with Crippen LogP contribution in [0.2, 0.25) is 0 Å². The van der Waals surface area contributed by atoms with Gasteiger partial charge in [0.2, 0.25) is 0 Å². The van der Waals surface area contributed by atoms with E-state index < -0.39 is 5.97 Å². The van der Waals surface area contributed by atoms with Gasteiger partial charge in [-0.25, -0.2) is 0 Å². The number of aliphatic carboxylic acids is 1. The van der Waals surface area contributed by atoms with Crippen LogP contribution in [0, 0.1) is 11.3 Å². The van der Waals surface area contributed by atoms with Gasteiger partial charge < -0.3 is 9.84 Å². The minimum absolute atomic E-state index is 0.0990. The molecule has 2 unspecified atom stereocenters. The summed E-state index contributed by atoms with van der Waals surface area (Å²) in [7, 11) is 0. The zero-order valence-corrected chi connectivity index (χ0v) is 7.95. The quantitative estimate of drug-likeness (QED) is 0.725. The van der Waals surface area contributed by atoms with E-state index in [1.807, 2.05) is 0 Å². The Morgan fingerprint density at radius 1 is 1.62 bits per heavy atom. The SMILES string of the molecule is CC1OCCC1C1(CC(=O)O)CC1. The van der Waals surface area contributed by atoms with Crippen LogP contribution in [0.3, 0.4) is 0 Å². The van der Waals surface area contributed by atoms with Crippen LogP contribution in [0.4, 0.5) is 0 Å². The average molecular weight is 184 g/mol. The Kier molecular flexibility index (Phi) is 2.06. The summed E-state index contributed by atoms with van der Waals surface area (Å²) in [5.74, 6) is -0.166. The van der Waals surface area contributed by atoms with Gasteiger partial charge in [0.15, 0.2) is 0 Å². The summed E-state index contributed by atoms with van der Waals surface area (Å²) in [6.45, 7) is 2.88. The number of carboxylic acid groups (broad SMARTS) is 1. The van der Waals surface area contributed by atoms with Crippen LogP contribution in [0.1, 0.15) is 32.6 Å². The van der Waals surface area contributed by atoms with Crippen LogP contribution in [0.25, 0.3) is 0 Å². The molecule has 13 heavy (non-hydrogen) atoms. The molecule has 1 N–H and O–H groups in total. The van der Waals surface area contributed by atoms with Crippen molar-refractivity contribution in [3.63, 3.8) is 0 Å². The maximum absolute atomic E-state index is 10.7. The minimum Gasteiger partial charge on any atom is -0.481 e. The monoisotopic (exact) mass is 184 g/mol. The lowest BCUT2D eigenvalue weighted by atomic mass is 9.82. The van der Waals surface area contributed by atoms with Crippen molar-refractivity contribution in [3.05, 3.63) is 0 Å². The number of hydrogen-bond donors (Lipinski definition) is 1. The summed E-state index contributed by atoms with van der Waals surface area (Å²) in [5, 5.41) is 8.79. The molecule has 0 aromatic heterocycles. The predicted molar refractivity (Wildman–Crippen MR) is 47.4 cm³/mol. The molecule has 0 amide bonds. The highest BCUT2D eigenvalue weighted by molar-refractivity contribution is 5.68. The minimum atomic E-state index is -0.656. The van der Waals surface area contributed by atoms with Gasteiger partial charge >= 0.3 is 5.97 Å². The van der Waals surface area contributed by atoms with Gasteiger partial charge in [0.1, 0.15) is 0 Å². The second-order valence-corrected chi connectivity index (χ2v) is 4.40. The fraction of sp³-hybridized carbons (Fsp3) is 0.900. The summed E-state index contributed by atoms with van der Waals surface area (Å²) < 4.78 is 5.48. The Morgan fingerprint density at radius 2 is 2.31 bits per heavy atom. The van der Waals surface area contributed by atoms with Crippen molar-refractivity contribution < 1.29 is 14.6 Å². The van der Waals surface area contributed by atoms with Crippen molar-refractivity contribution >= 4 is 5.97 Å². The highest BCUT2D eigenvalue weighted by Crippen LogP contribution is 2.58. The Labute approximate surface area is 78.1 Å². The highest BCUT2D eigenvalue weighted by Gasteiger charge is 2.53. The third-order valence-electron chi connectivity index (χ3n) is 3.56. The molecule has 1 aliphatic heterocycles. The van der Waals surface area contributed by atoms with Gasteiger partial charge in [-0.05, 0) is 37.5 Å². The summed E-state index contributed by atoms with van der Waals surface area (Å²) in [6, 6.07) is 0. The van der Waals surface area contributed by atoms with Gasteiger partial charge in [-0.15, -0.1) is 0 Å². The van der Waals surface area contributed by atoms with E-state index in [1.54, 1.807) is 0 Å². The zero-order valence-electron chi connectivity index (χ0n) is 7.95. The van der Waals surface area contributed by atoms with E-state index in [-0.39, 0.29) is 11.5 Å². The van der Waals surface area contributed by atoms with Crippen molar-refractivity contribution in [3.8, 4) is 0 Å². The molecule has 2 fully saturated rings. The second kappa shape index (κ2) is 2.98. The Morgan fingerprint density at radius 3 is 2.69 bits per heavy atom. The maximum Gasteiger partial charge on any atom is 0.303 e. The lowest BCUT2D eigenvalue weighted by Gasteiger charge is -2.23. The predicted octanol–water partition coefficient (Wildman–Crippen LogP) is 1.67. The molecule has 2 rings (SSSR count). The molecule has 0 bridgehead atoms. The van der Waals surface area contributed by atoms with Gasteiger partial charge in [0, 0.05) is 6.61 Å². The summed E-state index contributed by atoms with van der Waals surface area (Å²) in [4.78, 5) is 10.7. The highest BCUT2D eigenvalue weighted by atomic mass is 16.5.